The highest BCUT2D eigenvalue weighted by atomic mass is 16.6. The Balaban J connectivity index is 2.54. The summed E-state index contributed by atoms with van der Waals surface area (Å²) in [7, 11) is 2.81. The van der Waals surface area contributed by atoms with Crippen LogP contribution in [0.2, 0.25) is 0 Å². The molecule has 0 amide bonds. The first-order valence-electron chi connectivity index (χ1n) is 6.45. The molecule has 0 N–H and O–H groups in total. The van der Waals surface area contributed by atoms with Crippen LogP contribution in [0.1, 0.15) is 25.7 Å². The fourth-order valence-corrected chi connectivity index (χ4v) is 1.84. The van der Waals surface area contributed by atoms with Crippen molar-refractivity contribution in [3.63, 3.8) is 0 Å². The Labute approximate surface area is 118 Å². The number of rotatable bonds is 7. The second kappa shape index (κ2) is 8.19. The zero-order valence-corrected chi connectivity index (χ0v) is 11.9. The zero-order chi connectivity index (χ0) is 15.0. The molecule has 20 heavy (non-hydrogen) atoms. The van der Waals surface area contributed by atoms with Gasteiger partial charge in [-0.25, -0.2) is 0 Å². The lowest BCUT2D eigenvalue weighted by molar-refractivity contribution is -0.146. The second-order valence-electron chi connectivity index (χ2n) is 4.37. The molecule has 1 unspecified atom stereocenters. The van der Waals surface area contributed by atoms with E-state index < -0.39 is 11.9 Å². The van der Waals surface area contributed by atoms with Crippen LogP contribution in [-0.4, -0.2) is 26.2 Å². The fourth-order valence-electron chi connectivity index (χ4n) is 1.84. The Morgan fingerprint density at radius 3 is 2.60 bits per heavy atom. The molecule has 5 nitrogen and oxygen atoms in total. The van der Waals surface area contributed by atoms with Crippen molar-refractivity contribution in [1.82, 2.24) is 0 Å². The molecule has 0 saturated carbocycles. The summed E-state index contributed by atoms with van der Waals surface area (Å²) in [5, 5.41) is 0. The Morgan fingerprint density at radius 2 is 2.00 bits per heavy atom. The van der Waals surface area contributed by atoms with Crippen molar-refractivity contribution in [3.05, 3.63) is 36.3 Å². The number of ether oxygens (including phenoxy) is 3. The van der Waals surface area contributed by atoms with Gasteiger partial charge in [0.2, 0.25) is 0 Å². The highest BCUT2D eigenvalue weighted by molar-refractivity contribution is 5.78. The SMILES string of the molecule is C=CCC1C=C(OC)C(OC(=O)CCC(=O)OC)=CC1. The van der Waals surface area contributed by atoms with Gasteiger partial charge in [-0.2, -0.15) is 0 Å². The van der Waals surface area contributed by atoms with E-state index >= 15 is 0 Å². The third-order valence-electron chi connectivity index (χ3n) is 2.91. The van der Waals surface area contributed by atoms with Gasteiger partial charge in [0.15, 0.2) is 11.5 Å². The van der Waals surface area contributed by atoms with E-state index in [-0.39, 0.29) is 12.8 Å². The molecule has 0 saturated heterocycles. The van der Waals surface area contributed by atoms with Gasteiger partial charge in [-0.3, -0.25) is 9.59 Å². The molecule has 0 aromatic carbocycles. The van der Waals surface area contributed by atoms with Gasteiger partial charge in [-0.05, 0) is 30.9 Å². The molecule has 0 radical (unpaired) electrons. The van der Waals surface area contributed by atoms with E-state index in [1.807, 2.05) is 18.2 Å². The van der Waals surface area contributed by atoms with E-state index in [1.165, 1.54) is 14.2 Å². The molecule has 1 aliphatic carbocycles. The van der Waals surface area contributed by atoms with E-state index in [9.17, 15) is 9.59 Å². The van der Waals surface area contributed by atoms with Gasteiger partial charge in [0.1, 0.15) is 0 Å². The molecule has 110 valence electrons. The topological polar surface area (TPSA) is 61.8 Å². The van der Waals surface area contributed by atoms with Crippen LogP contribution in [0.5, 0.6) is 0 Å². The Morgan fingerprint density at radius 1 is 1.30 bits per heavy atom. The number of hydrogen-bond acceptors (Lipinski definition) is 5. The number of esters is 2. The normalized spacial score (nSPS) is 17.6. The minimum Gasteiger partial charge on any atom is -0.493 e. The minimum absolute atomic E-state index is 0.00767. The quantitative estimate of drug-likeness (QED) is 0.529. The van der Waals surface area contributed by atoms with Crippen molar-refractivity contribution >= 4 is 11.9 Å². The van der Waals surface area contributed by atoms with Crippen molar-refractivity contribution in [2.45, 2.75) is 25.7 Å². The maximum atomic E-state index is 11.6. The summed E-state index contributed by atoms with van der Waals surface area (Å²) in [5.74, 6) is 0.331. The van der Waals surface area contributed by atoms with E-state index in [1.54, 1.807) is 0 Å². The van der Waals surface area contributed by atoms with Crippen molar-refractivity contribution in [3.8, 4) is 0 Å². The summed E-state index contributed by atoms with van der Waals surface area (Å²) in [5.41, 5.74) is 0. The van der Waals surface area contributed by atoms with Crippen molar-refractivity contribution in [2.24, 2.45) is 5.92 Å². The Bertz CT molecular complexity index is 434. The molecule has 0 spiro atoms. The minimum atomic E-state index is -0.480. The Hall–Kier alpha value is -2.04. The lowest BCUT2D eigenvalue weighted by Gasteiger charge is -2.19. The molecule has 1 atom stereocenters. The summed E-state index contributed by atoms with van der Waals surface area (Å²) in [4.78, 5) is 22.6. The third kappa shape index (κ3) is 4.91. The van der Waals surface area contributed by atoms with Crippen LogP contribution in [0.4, 0.5) is 0 Å². The van der Waals surface area contributed by atoms with E-state index in [0.717, 1.165) is 12.8 Å². The number of methoxy groups -OCH3 is 2. The average molecular weight is 280 g/mol. The first-order valence-corrected chi connectivity index (χ1v) is 6.45. The molecule has 0 aliphatic heterocycles. The molecule has 1 aliphatic rings. The monoisotopic (exact) mass is 280 g/mol. The maximum absolute atomic E-state index is 11.6. The van der Waals surface area contributed by atoms with Crippen LogP contribution in [0, 0.1) is 5.92 Å². The van der Waals surface area contributed by atoms with Crippen molar-refractivity contribution in [1.29, 1.82) is 0 Å². The molecule has 0 aromatic rings. The lowest BCUT2D eigenvalue weighted by atomic mass is 9.96. The molecule has 1 rings (SSSR count). The first kappa shape index (κ1) is 16.0. The lowest BCUT2D eigenvalue weighted by Crippen LogP contribution is -2.13. The molecule has 0 heterocycles. The molecular formula is C15H20O5. The second-order valence-corrected chi connectivity index (χ2v) is 4.37. The van der Waals surface area contributed by atoms with Crippen LogP contribution in [0.25, 0.3) is 0 Å². The average Bonchev–Trinajstić information content (AvgIpc) is 2.46. The molecule has 0 bridgehead atoms. The van der Waals surface area contributed by atoms with Gasteiger partial charge < -0.3 is 14.2 Å². The third-order valence-corrected chi connectivity index (χ3v) is 2.91. The highest BCUT2D eigenvalue weighted by Gasteiger charge is 2.19. The van der Waals surface area contributed by atoms with Crippen LogP contribution < -0.4 is 0 Å². The van der Waals surface area contributed by atoms with E-state index in [0.29, 0.717) is 17.4 Å². The molecule has 0 aromatic heterocycles. The van der Waals surface area contributed by atoms with Crippen LogP contribution >= 0.6 is 0 Å². The number of allylic oxidation sites excluding steroid dienone is 3. The zero-order valence-electron chi connectivity index (χ0n) is 11.9. The van der Waals surface area contributed by atoms with Crippen LogP contribution in [0.15, 0.2) is 36.3 Å². The number of hydrogen-bond donors (Lipinski definition) is 0. The highest BCUT2D eigenvalue weighted by Crippen LogP contribution is 2.26. The molecular weight excluding hydrogens is 260 g/mol. The predicted molar refractivity (Wildman–Crippen MR) is 73.4 cm³/mol. The summed E-state index contributed by atoms with van der Waals surface area (Å²) < 4.78 is 14.9. The van der Waals surface area contributed by atoms with E-state index in [4.69, 9.17) is 9.47 Å². The first-order chi connectivity index (χ1) is 9.60. The summed E-state index contributed by atoms with van der Waals surface area (Å²) in [6.45, 7) is 3.70. The van der Waals surface area contributed by atoms with Gasteiger partial charge in [-0.1, -0.05) is 6.08 Å². The molecule has 5 heteroatoms. The van der Waals surface area contributed by atoms with Gasteiger partial charge >= 0.3 is 11.9 Å². The maximum Gasteiger partial charge on any atom is 0.311 e. The summed E-state index contributed by atoms with van der Waals surface area (Å²) >= 11 is 0. The summed E-state index contributed by atoms with van der Waals surface area (Å²) in [6, 6.07) is 0. The van der Waals surface area contributed by atoms with Crippen molar-refractivity contribution in [2.75, 3.05) is 14.2 Å². The van der Waals surface area contributed by atoms with Crippen LogP contribution in [0.3, 0.4) is 0 Å². The van der Waals surface area contributed by atoms with Gasteiger partial charge in [0.05, 0.1) is 27.1 Å². The number of carbonyl (C=O) groups excluding carboxylic acids is 2. The smallest absolute Gasteiger partial charge is 0.311 e. The predicted octanol–water partition coefficient (Wildman–Crippen LogP) is 2.49. The van der Waals surface area contributed by atoms with Crippen LogP contribution in [-0.2, 0) is 23.8 Å². The standard InChI is InChI=1S/C15H20O5/c1-4-5-11-6-7-12(13(10-11)18-2)20-15(17)9-8-14(16)19-3/h4,7,10-11H,1,5-6,8-9H2,2-3H3. The van der Waals surface area contributed by atoms with E-state index in [2.05, 4.69) is 11.3 Å². The Kier molecular flexibility index (Phi) is 6.56. The largest absolute Gasteiger partial charge is 0.493 e. The van der Waals surface area contributed by atoms with Gasteiger partial charge in [0.25, 0.3) is 0 Å². The number of carbonyl (C=O) groups is 2. The molecule has 0 fully saturated rings. The summed E-state index contributed by atoms with van der Waals surface area (Å²) in [6.07, 6.45) is 7.18. The van der Waals surface area contributed by atoms with Crippen molar-refractivity contribution < 1.29 is 23.8 Å². The fraction of sp³-hybridized carbons (Fsp3) is 0.467. The van der Waals surface area contributed by atoms with Gasteiger partial charge in [-0.15, -0.1) is 6.58 Å². The van der Waals surface area contributed by atoms with Gasteiger partial charge in [0, 0.05) is 0 Å².